The minimum absolute atomic E-state index is 0.168. The van der Waals surface area contributed by atoms with Crippen LogP contribution in [-0.2, 0) is 4.74 Å². The van der Waals surface area contributed by atoms with Crippen molar-refractivity contribution in [3.8, 4) is 0 Å². The molecule has 1 aliphatic carbocycles. The van der Waals surface area contributed by atoms with Gasteiger partial charge >= 0.3 is 0 Å². The van der Waals surface area contributed by atoms with Gasteiger partial charge in [-0.05, 0) is 18.9 Å². The topological polar surface area (TPSA) is 9.23 Å². The summed E-state index contributed by atoms with van der Waals surface area (Å²) in [6, 6.07) is 0. The molecule has 1 nitrogen and oxygen atoms in total. The van der Waals surface area contributed by atoms with E-state index in [0.29, 0.717) is 5.92 Å². The number of hydrogen-bond acceptors (Lipinski definition) is 1. The summed E-state index contributed by atoms with van der Waals surface area (Å²) in [5, 5.41) is 0.886. The van der Waals surface area contributed by atoms with Crippen LogP contribution < -0.4 is 0 Å². The van der Waals surface area contributed by atoms with Crippen molar-refractivity contribution in [1.29, 1.82) is 0 Å². The van der Waals surface area contributed by atoms with Gasteiger partial charge in [-0.3, -0.25) is 0 Å². The lowest BCUT2D eigenvalue weighted by atomic mass is 9.92. The van der Waals surface area contributed by atoms with Gasteiger partial charge in [-0.15, -0.1) is 0 Å². The summed E-state index contributed by atoms with van der Waals surface area (Å²) < 4.78 is 5.52. The standard InChI is InChI=1S/C10H13ClO/c1-2-7-5-8-3-4-12-10(8)9(11)6-7/h5-6,8,10H,2-4H2,1H3. The van der Waals surface area contributed by atoms with Crippen LogP contribution in [0.3, 0.4) is 0 Å². The minimum atomic E-state index is 0.168. The van der Waals surface area contributed by atoms with Crippen molar-refractivity contribution < 1.29 is 4.74 Å². The normalized spacial score (nSPS) is 34.2. The van der Waals surface area contributed by atoms with Gasteiger partial charge in [0, 0.05) is 17.6 Å². The van der Waals surface area contributed by atoms with Crippen LogP contribution >= 0.6 is 11.6 Å². The van der Waals surface area contributed by atoms with Crippen LogP contribution in [0.5, 0.6) is 0 Å². The zero-order chi connectivity index (χ0) is 8.55. The molecule has 2 atom stereocenters. The van der Waals surface area contributed by atoms with Crippen molar-refractivity contribution in [2.45, 2.75) is 25.9 Å². The molecule has 0 radical (unpaired) electrons. The lowest BCUT2D eigenvalue weighted by Gasteiger charge is -2.20. The van der Waals surface area contributed by atoms with Crippen LogP contribution in [0, 0.1) is 5.92 Å². The van der Waals surface area contributed by atoms with E-state index in [1.165, 1.54) is 5.57 Å². The van der Waals surface area contributed by atoms with Crippen molar-refractivity contribution >= 4 is 11.6 Å². The molecule has 66 valence electrons. The Morgan fingerprint density at radius 3 is 3.25 bits per heavy atom. The van der Waals surface area contributed by atoms with E-state index in [4.69, 9.17) is 16.3 Å². The first-order valence-corrected chi connectivity index (χ1v) is 4.88. The zero-order valence-electron chi connectivity index (χ0n) is 7.22. The van der Waals surface area contributed by atoms with E-state index in [1.54, 1.807) is 0 Å². The summed E-state index contributed by atoms with van der Waals surface area (Å²) >= 11 is 6.09. The number of ether oxygens (including phenoxy) is 1. The highest BCUT2D eigenvalue weighted by Crippen LogP contribution is 2.35. The maximum atomic E-state index is 6.09. The molecule has 1 fully saturated rings. The first-order chi connectivity index (χ1) is 5.81. The van der Waals surface area contributed by atoms with Gasteiger partial charge in [0.2, 0.25) is 0 Å². The third kappa shape index (κ3) is 1.32. The van der Waals surface area contributed by atoms with Crippen molar-refractivity contribution in [3.05, 3.63) is 22.8 Å². The van der Waals surface area contributed by atoms with Crippen LogP contribution in [0.2, 0.25) is 0 Å². The Hall–Kier alpha value is -0.270. The Labute approximate surface area is 78.0 Å². The second-order valence-corrected chi connectivity index (χ2v) is 3.80. The van der Waals surface area contributed by atoms with Gasteiger partial charge in [-0.1, -0.05) is 30.2 Å². The molecule has 0 spiro atoms. The Bertz CT molecular complexity index is 242. The van der Waals surface area contributed by atoms with E-state index < -0.39 is 0 Å². The molecule has 1 saturated heterocycles. The SMILES string of the molecule is CCC1=CC2CCOC2C(Cl)=C1. The number of fused-ring (bicyclic) bond motifs is 1. The van der Waals surface area contributed by atoms with Crippen LogP contribution in [0.4, 0.5) is 0 Å². The molecular weight excluding hydrogens is 172 g/mol. The molecule has 0 aromatic heterocycles. The number of hydrogen-bond donors (Lipinski definition) is 0. The molecule has 2 rings (SSSR count). The van der Waals surface area contributed by atoms with E-state index in [0.717, 1.165) is 24.5 Å². The third-order valence-electron chi connectivity index (χ3n) is 2.57. The highest BCUT2D eigenvalue weighted by atomic mass is 35.5. The Morgan fingerprint density at radius 1 is 1.67 bits per heavy atom. The van der Waals surface area contributed by atoms with Crippen molar-refractivity contribution in [1.82, 2.24) is 0 Å². The van der Waals surface area contributed by atoms with Crippen LogP contribution in [-0.4, -0.2) is 12.7 Å². The fourth-order valence-electron chi connectivity index (χ4n) is 1.86. The van der Waals surface area contributed by atoms with Gasteiger partial charge in [0.05, 0.1) is 6.10 Å². The fourth-order valence-corrected chi connectivity index (χ4v) is 2.23. The van der Waals surface area contributed by atoms with Gasteiger partial charge in [0.15, 0.2) is 0 Å². The quantitative estimate of drug-likeness (QED) is 0.609. The number of rotatable bonds is 1. The molecule has 0 saturated carbocycles. The average Bonchev–Trinajstić information content (AvgIpc) is 2.52. The molecule has 12 heavy (non-hydrogen) atoms. The van der Waals surface area contributed by atoms with Gasteiger partial charge in [-0.25, -0.2) is 0 Å². The predicted octanol–water partition coefficient (Wildman–Crippen LogP) is 2.86. The van der Waals surface area contributed by atoms with Crippen molar-refractivity contribution in [2.75, 3.05) is 6.61 Å². The van der Waals surface area contributed by atoms with Crippen molar-refractivity contribution in [2.24, 2.45) is 5.92 Å². The predicted molar refractivity (Wildman–Crippen MR) is 50.2 cm³/mol. The van der Waals surface area contributed by atoms with E-state index >= 15 is 0 Å². The van der Waals surface area contributed by atoms with Gasteiger partial charge in [0.1, 0.15) is 0 Å². The fraction of sp³-hybridized carbons (Fsp3) is 0.600. The molecule has 0 aromatic rings. The molecule has 0 amide bonds. The zero-order valence-corrected chi connectivity index (χ0v) is 7.97. The van der Waals surface area contributed by atoms with Gasteiger partial charge < -0.3 is 4.74 Å². The first-order valence-electron chi connectivity index (χ1n) is 4.50. The molecule has 1 aliphatic heterocycles. The second-order valence-electron chi connectivity index (χ2n) is 3.37. The summed E-state index contributed by atoms with van der Waals surface area (Å²) in [7, 11) is 0. The largest absolute Gasteiger partial charge is 0.372 e. The molecule has 2 heteroatoms. The lowest BCUT2D eigenvalue weighted by Crippen LogP contribution is -2.17. The summed E-state index contributed by atoms with van der Waals surface area (Å²) in [6.07, 6.45) is 6.72. The van der Waals surface area contributed by atoms with E-state index in [2.05, 4.69) is 13.0 Å². The van der Waals surface area contributed by atoms with Crippen LogP contribution in [0.25, 0.3) is 0 Å². The van der Waals surface area contributed by atoms with Crippen LogP contribution in [0.1, 0.15) is 19.8 Å². The van der Waals surface area contributed by atoms with E-state index in [1.807, 2.05) is 6.08 Å². The van der Waals surface area contributed by atoms with E-state index in [9.17, 15) is 0 Å². The number of halogens is 1. The molecule has 1 heterocycles. The molecule has 0 N–H and O–H groups in total. The maximum absolute atomic E-state index is 6.09. The monoisotopic (exact) mass is 184 g/mol. The summed E-state index contributed by atoms with van der Waals surface area (Å²) in [5.41, 5.74) is 1.35. The molecule has 2 unspecified atom stereocenters. The molecular formula is C10H13ClO. The van der Waals surface area contributed by atoms with E-state index in [-0.39, 0.29) is 6.10 Å². The minimum Gasteiger partial charge on any atom is -0.372 e. The molecule has 0 bridgehead atoms. The Balaban J connectivity index is 2.24. The van der Waals surface area contributed by atoms with Gasteiger partial charge in [-0.2, -0.15) is 0 Å². The molecule has 0 aromatic carbocycles. The van der Waals surface area contributed by atoms with Crippen molar-refractivity contribution in [3.63, 3.8) is 0 Å². The highest BCUT2D eigenvalue weighted by molar-refractivity contribution is 6.30. The lowest BCUT2D eigenvalue weighted by molar-refractivity contribution is 0.131. The Morgan fingerprint density at radius 2 is 2.50 bits per heavy atom. The third-order valence-corrected chi connectivity index (χ3v) is 2.89. The molecule has 2 aliphatic rings. The van der Waals surface area contributed by atoms with Crippen LogP contribution in [0.15, 0.2) is 22.8 Å². The maximum Gasteiger partial charge on any atom is 0.0993 e. The number of allylic oxidation sites excluding steroid dienone is 2. The van der Waals surface area contributed by atoms with Gasteiger partial charge in [0.25, 0.3) is 0 Å². The summed E-state index contributed by atoms with van der Waals surface area (Å²) in [4.78, 5) is 0. The smallest absolute Gasteiger partial charge is 0.0993 e. The average molecular weight is 185 g/mol. The highest BCUT2D eigenvalue weighted by Gasteiger charge is 2.31. The second kappa shape index (κ2) is 3.23. The first kappa shape index (κ1) is 8.33. The summed E-state index contributed by atoms with van der Waals surface area (Å²) in [5.74, 6) is 0.539. The summed E-state index contributed by atoms with van der Waals surface area (Å²) in [6.45, 7) is 3.01. The Kier molecular flexibility index (Phi) is 2.24.